The molecule has 78 valence electrons. The Bertz CT molecular complexity index is 276. The van der Waals surface area contributed by atoms with E-state index in [0.717, 1.165) is 5.69 Å². The second-order valence-corrected chi connectivity index (χ2v) is 3.37. The maximum atomic E-state index is 12.6. The summed E-state index contributed by atoms with van der Waals surface area (Å²) in [6.45, 7) is 3.87. The molecule has 0 spiro atoms. The predicted octanol–water partition coefficient (Wildman–Crippen LogP) is 1.25. The largest absolute Gasteiger partial charge is 0.395 e. The standard InChI is InChI=1S/C10H15FN2O/c1-7(6-14)13-8(2)10-4-3-9(11)5-12-10/h3-5,7-8,13-14H,6H2,1-2H3. The topological polar surface area (TPSA) is 45.1 Å². The van der Waals surface area contributed by atoms with Gasteiger partial charge in [0.05, 0.1) is 18.5 Å². The number of hydrogen-bond donors (Lipinski definition) is 2. The van der Waals surface area contributed by atoms with E-state index in [1.54, 1.807) is 6.07 Å². The molecular formula is C10H15FN2O. The molecule has 0 aliphatic heterocycles. The van der Waals surface area contributed by atoms with E-state index in [1.165, 1.54) is 12.3 Å². The Hall–Kier alpha value is -1.00. The van der Waals surface area contributed by atoms with Gasteiger partial charge in [0.15, 0.2) is 0 Å². The summed E-state index contributed by atoms with van der Waals surface area (Å²) in [5.74, 6) is -0.337. The van der Waals surface area contributed by atoms with Crippen LogP contribution in [0.15, 0.2) is 18.3 Å². The molecule has 2 N–H and O–H groups in total. The Labute approximate surface area is 83.0 Å². The van der Waals surface area contributed by atoms with Gasteiger partial charge in [0.1, 0.15) is 5.82 Å². The molecule has 0 aliphatic rings. The second-order valence-electron chi connectivity index (χ2n) is 3.37. The molecule has 0 aliphatic carbocycles. The average Bonchev–Trinajstić information content (AvgIpc) is 2.18. The van der Waals surface area contributed by atoms with Gasteiger partial charge in [-0.2, -0.15) is 0 Å². The summed E-state index contributed by atoms with van der Waals surface area (Å²) < 4.78 is 12.6. The molecule has 1 aromatic heterocycles. The summed E-state index contributed by atoms with van der Waals surface area (Å²) in [7, 11) is 0. The molecule has 0 aromatic carbocycles. The monoisotopic (exact) mass is 198 g/mol. The third-order valence-corrected chi connectivity index (χ3v) is 2.00. The summed E-state index contributed by atoms with van der Waals surface area (Å²) in [5.41, 5.74) is 0.770. The summed E-state index contributed by atoms with van der Waals surface area (Å²) in [5, 5.41) is 12.0. The Kier molecular flexibility index (Phi) is 3.98. The Morgan fingerprint density at radius 1 is 1.50 bits per heavy atom. The Balaban J connectivity index is 2.60. The number of pyridine rings is 1. The Morgan fingerprint density at radius 3 is 2.71 bits per heavy atom. The van der Waals surface area contributed by atoms with Gasteiger partial charge in [0.2, 0.25) is 0 Å². The minimum Gasteiger partial charge on any atom is -0.395 e. The fourth-order valence-corrected chi connectivity index (χ4v) is 1.21. The van der Waals surface area contributed by atoms with Crippen LogP contribution in [-0.4, -0.2) is 22.7 Å². The van der Waals surface area contributed by atoms with Crippen LogP contribution in [0.3, 0.4) is 0 Å². The van der Waals surface area contributed by atoms with Gasteiger partial charge in [-0.15, -0.1) is 0 Å². The maximum absolute atomic E-state index is 12.6. The van der Waals surface area contributed by atoms with Crippen LogP contribution in [0.25, 0.3) is 0 Å². The number of nitrogens with zero attached hydrogens (tertiary/aromatic N) is 1. The normalized spacial score (nSPS) is 15.1. The SMILES string of the molecule is CC(CO)NC(C)c1ccc(F)cn1. The van der Waals surface area contributed by atoms with E-state index in [2.05, 4.69) is 10.3 Å². The van der Waals surface area contributed by atoms with Crippen molar-refractivity contribution in [2.75, 3.05) is 6.61 Å². The van der Waals surface area contributed by atoms with Gasteiger partial charge in [-0.1, -0.05) is 0 Å². The van der Waals surface area contributed by atoms with Crippen molar-refractivity contribution in [3.8, 4) is 0 Å². The first-order chi connectivity index (χ1) is 6.63. The van der Waals surface area contributed by atoms with Gasteiger partial charge in [0.25, 0.3) is 0 Å². The highest BCUT2D eigenvalue weighted by atomic mass is 19.1. The van der Waals surface area contributed by atoms with Crippen LogP contribution >= 0.6 is 0 Å². The van der Waals surface area contributed by atoms with Crippen molar-refractivity contribution in [3.63, 3.8) is 0 Å². The third-order valence-electron chi connectivity index (χ3n) is 2.00. The van der Waals surface area contributed by atoms with Crippen molar-refractivity contribution >= 4 is 0 Å². The van der Waals surface area contributed by atoms with Gasteiger partial charge in [-0.3, -0.25) is 4.98 Å². The number of rotatable bonds is 4. The van der Waals surface area contributed by atoms with E-state index >= 15 is 0 Å². The van der Waals surface area contributed by atoms with Gasteiger partial charge < -0.3 is 10.4 Å². The summed E-state index contributed by atoms with van der Waals surface area (Å²) in [6.07, 6.45) is 1.19. The molecular weight excluding hydrogens is 183 g/mol. The van der Waals surface area contributed by atoms with Crippen molar-refractivity contribution in [1.29, 1.82) is 0 Å². The molecule has 1 heterocycles. The van der Waals surface area contributed by atoms with E-state index in [0.29, 0.717) is 0 Å². The van der Waals surface area contributed by atoms with Crippen molar-refractivity contribution in [3.05, 3.63) is 29.8 Å². The molecule has 0 radical (unpaired) electrons. The van der Waals surface area contributed by atoms with Crippen molar-refractivity contribution in [2.24, 2.45) is 0 Å². The zero-order valence-corrected chi connectivity index (χ0v) is 8.37. The zero-order valence-electron chi connectivity index (χ0n) is 8.37. The number of aliphatic hydroxyl groups excluding tert-OH is 1. The zero-order chi connectivity index (χ0) is 10.6. The minimum atomic E-state index is -0.337. The highest BCUT2D eigenvalue weighted by Gasteiger charge is 2.09. The van der Waals surface area contributed by atoms with Crippen LogP contribution in [-0.2, 0) is 0 Å². The van der Waals surface area contributed by atoms with Crippen LogP contribution in [0, 0.1) is 5.82 Å². The van der Waals surface area contributed by atoms with Crippen LogP contribution < -0.4 is 5.32 Å². The summed E-state index contributed by atoms with van der Waals surface area (Å²) >= 11 is 0. The molecule has 2 unspecified atom stereocenters. The van der Waals surface area contributed by atoms with E-state index < -0.39 is 0 Å². The van der Waals surface area contributed by atoms with E-state index in [9.17, 15) is 4.39 Å². The van der Waals surface area contributed by atoms with Crippen LogP contribution in [0.5, 0.6) is 0 Å². The molecule has 4 heteroatoms. The molecule has 0 amide bonds. The lowest BCUT2D eigenvalue weighted by atomic mass is 10.2. The molecule has 0 fully saturated rings. The highest BCUT2D eigenvalue weighted by molar-refractivity contribution is 5.09. The minimum absolute atomic E-state index is 0.0110. The van der Waals surface area contributed by atoms with Crippen LogP contribution in [0.1, 0.15) is 25.6 Å². The first-order valence-corrected chi connectivity index (χ1v) is 4.62. The van der Waals surface area contributed by atoms with E-state index in [-0.39, 0.29) is 24.5 Å². The number of aromatic nitrogens is 1. The van der Waals surface area contributed by atoms with Gasteiger partial charge in [-0.25, -0.2) is 4.39 Å². The van der Waals surface area contributed by atoms with Crippen molar-refractivity contribution in [2.45, 2.75) is 25.9 Å². The highest BCUT2D eigenvalue weighted by Crippen LogP contribution is 2.09. The maximum Gasteiger partial charge on any atom is 0.141 e. The summed E-state index contributed by atoms with van der Waals surface area (Å²) in [6, 6.07) is 3.04. The molecule has 0 saturated carbocycles. The second kappa shape index (κ2) is 5.02. The fraction of sp³-hybridized carbons (Fsp3) is 0.500. The lowest BCUT2D eigenvalue weighted by molar-refractivity contribution is 0.242. The molecule has 14 heavy (non-hydrogen) atoms. The molecule has 0 saturated heterocycles. The number of hydrogen-bond acceptors (Lipinski definition) is 3. The molecule has 3 nitrogen and oxygen atoms in total. The molecule has 1 aromatic rings. The predicted molar refractivity (Wildman–Crippen MR) is 52.3 cm³/mol. The first kappa shape index (κ1) is 11.1. The average molecular weight is 198 g/mol. The van der Waals surface area contributed by atoms with E-state index in [4.69, 9.17) is 5.11 Å². The Morgan fingerprint density at radius 2 is 2.21 bits per heavy atom. The number of halogens is 1. The number of aliphatic hydroxyl groups is 1. The molecule has 2 atom stereocenters. The lowest BCUT2D eigenvalue weighted by Gasteiger charge is -2.17. The third kappa shape index (κ3) is 3.05. The van der Waals surface area contributed by atoms with Crippen molar-refractivity contribution < 1.29 is 9.50 Å². The smallest absolute Gasteiger partial charge is 0.141 e. The van der Waals surface area contributed by atoms with Crippen molar-refractivity contribution in [1.82, 2.24) is 10.3 Å². The molecule has 1 rings (SSSR count). The van der Waals surface area contributed by atoms with Crippen LogP contribution in [0.4, 0.5) is 4.39 Å². The lowest BCUT2D eigenvalue weighted by Crippen LogP contribution is -2.32. The van der Waals surface area contributed by atoms with Crippen LogP contribution in [0.2, 0.25) is 0 Å². The number of nitrogens with one attached hydrogen (secondary N) is 1. The quantitative estimate of drug-likeness (QED) is 0.765. The summed E-state index contributed by atoms with van der Waals surface area (Å²) in [4.78, 5) is 3.95. The van der Waals surface area contributed by atoms with Gasteiger partial charge in [0, 0.05) is 12.1 Å². The van der Waals surface area contributed by atoms with E-state index in [1.807, 2.05) is 13.8 Å². The van der Waals surface area contributed by atoms with Gasteiger partial charge >= 0.3 is 0 Å². The fourth-order valence-electron chi connectivity index (χ4n) is 1.21. The van der Waals surface area contributed by atoms with Gasteiger partial charge in [-0.05, 0) is 26.0 Å². The first-order valence-electron chi connectivity index (χ1n) is 4.62. The molecule has 0 bridgehead atoms.